The molecule has 0 unspecified atom stereocenters. The standard InChI is InChI=1S/C19H18N2O4/c1-12-4-6-15(7-5-12)21-19(23)14(11-20)8-13-9-16(24-2)18(22)17(10-13)25-3/h4-10,22H,1-3H3,(H,21,23)/b14-8-. The third-order valence-electron chi connectivity index (χ3n) is 3.49. The lowest BCUT2D eigenvalue weighted by atomic mass is 10.1. The zero-order valence-electron chi connectivity index (χ0n) is 14.2. The van der Waals surface area contributed by atoms with E-state index in [1.165, 1.54) is 32.4 Å². The van der Waals surface area contributed by atoms with Gasteiger partial charge in [0.1, 0.15) is 11.6 Å². The highest BCUT2D eigenvalue weighted by Crippen LogP contribution is 2.37. The van der Waals surface area contributed by atoms with Crippen LogP contribution in [0.15, 0.2) is 42.0 Å². The quantitative estimate of drug-likeness (QED) is 0.645. The van der Waals surface area contributed by atoms with E-state index in [0.29, 0.717) is 11.3 Å². The smallest absolute Gasteiger partial charge is 0.266 e. The van der Waals surface area contributed by atoms with Crippen LogP contribution >= 0.6 is 0 Å². The SMILES string of the molecule is COc1cc(/C=C(/C#N)C(=O)Nc2ccc(C)cc2)cc(OC)c1O. The number of phenols is 1. The first-order valence-electron chi connectivity index (χ1n) is 7.43. The maximum absolute atomic E-state index is 12.3. The first-order valence-corrected chi connectivity index (χ1v) is 7.43. The summed E-state index contributed by atoms with van der Waals surface area (Å²) in [5.74, 6) is -0.314. The highest BCUT2D eigenvalue weighted by atomic mass is 16.5. The summed E-state index contributed by atoms with van der Waals surface area (Å²) in [4.78, 5) is 12.3. The van der Waals surface area contributed by atoms with E-state index in [0.717, 1.165) is 5.56 Å². The van der Waals surface area contributed by atoms with Crippen LogP contribution in [0, 0.1) is 18.3 Å². The molecule has 0 atom stereocenters. The van der Waals surface area contributed by atoms with Gasteiger partial charge in [-0.25, -0.2) is 0 Å². The molecule has 6 nitrogen and oxygen atoms in total. The monoisotopic (exact) mass is 338 g/mol. The third kappa shape index (κ3) is 4.30. The average Bonchev–Trinajstić information content (AvgIpc) is 2.62. The molecule has 0 aliphatic heterocycles. The first kappa shape index (κ1) is 17.9. The second-order valence-corrected chi connectivity index (χ2v) is 5.26. The number of methoxy groups -OCH3 is 2. The number of benzene rings is 2. The fraction of sp³-hybridized carbons (Fsp3) is 0.158. The van der Waals surface area contributed by atoms with Crippen molar-refractivity contribution in [3.05, 3.63) is 53.1 Å². The fourth-order valence-electron chi connectivity index (χ4n) is 2.15. The van der Waals surface area contributed by atoms with Gasteiger partial charge in [-0.1, -0.05) is 17.7 Å². The Morgan fingerprint density at radius 1 is 1.16 bits per heavy atom. The van der Waals surface area contributed by atoms with Gasteiger partial charge in [-0.3, -0.25) is 4.79 Å². The van der Waals surface area contributed by atoms with Crippen LogP contribution in [0.4, 0.5) is 5.69 Å². The molecule has 25 heavy (non-hydrogen) atoms. The van der Waals surface area contributed by atoms with Crippen molar-refractivity contribution in [2.75, 3.05) is 19.5 Å². The van der Waals surface area contributed by atoms with E-state index in [4.69, 9.17) is 9.47 Å². The molecule has 2 aromatic carbocycles. The molecule has 0 fully saturated rings. The molecule has 0 aliphatic rings. The van der Waals surface area contributed by atoms with E-state index in [9.17, 15) is 15.2 Å². The lowest BCUT2D eigenvalue weighted by molar-refractivity contribution is -0.112. The summed E-state index contributed by atoms with van der Waals surface area (Å²) in [5.41, 5.74) is 2.06. The summed E-state index contributed by atoms with van der Waals surface area (Å²) < 4.78 is 10.1. The van der Waals surface area contributed by atoms with Crippen molar-refractivity contribution in [1.29, 1.82) is 5.26 Å². The molecule has 1 amide bonds. The van der Waals surface area contributed by atoms with Gasteiger partial charge in [0, 0.05) is 5.69 Å². The van der Waals surface area contributed by atoms with Crippen LogP contribution in [0.3, 0.4) is 0 Å². The number of anilines is 1. The van der Waals surface area contributed by atoms with Gasteiger partial charge < -0.3 is 19.9 Å². The Hall–Kier alpha value is -3.46. The van der Waals surface area contributed by atoms with Gasteiger partial charge in [-0.05, 0) is 42.8 Å². The van der Waals surface area contributed by atoms with Crippen molar-refractivity contribution in [3.63, 3.8) is 0 Å². The summed E-state index contributed by atoms with van der Waals surface area (Å²) in [5, 5.41) is 21.9. The van der Waals surface area contributed by atoms with Crippen molar-refractivity contribution in [3.8, 4) is 23.3 Å². The number of rotatable bonds is 5. The number of phenolic OH excluding ortho intramolecular Hbond substituents is 1. The van der Waals surface area contributed by atoms with Gasteiger partial charge in [0.05, 0.1) is 14.2 Å². The number of carbonyl (C=O) groups is 1. The van der Waals surface area contributed by atoms with Crippen LogP contribution in [0.1, 0.15) is 11.1 Å². The molecule has 0 aromatic heterocycles. The van der Waals surface area contributed by atoms with Crippen LogP contribution < -0.4 is 14.8 Å². The summed E-state index contributed by atoms with van der Waals surface area (Å²) in [7, 11) is 2.80. The largest absolute Gasteiger partial charge is 0.502 e. The minimum atomic E-state index is -0.530. The van der Waals surface area contributed by atoms with Crippen molar-refractivity contribution in [1.82, 2.24) is 0 Å². The first-order chi connectivity index (χ1) is 12.0. The van der Waals surface area contributed by atoms with Gasteiger partial charge in [0.15, 0.2) is 11.5 Å². The predicted molar refractivity (Wildman–Crippen MR) is 94.6 cm³/mol. The molecule has 2 rings (SSSR count). The van der Waals surface area contributed by atoms with E-state index >= 15 is 0 Å². The van der Waals surface area contributed by atoms with Crippen molar-refractivity contribution >= 4 is 17.7 Å². The summed E-state index contributed by atoms with van der Waals surface area (Å²) >= 11 is 0. The Labute approximate surface area is 145 Å². The normalized spacial score (nSPS) is 10.7. The van der Waals surface area contributed by atoms with Gasteiger partial charge >= 0.3 is 0 Å². The number of nitrogens with one attached hydrogen (secondary N) is 1. The number of hydrogen-bond acceptors (Lipinski definition) is 5. The highest BCUT2D eigenvalue weighted by molar-refractivity contribution is 6.09. The maximum atomic E-state index is 12.3. The number of aromatic hydroxyl groups is 1. The number of nitrogens with zero attached hydrogens (tertiary/aromatic N) is 1. The number of aryl methyl sites for hydroxylation is 1. The Kier molecular flexibility index (Phi) is 5.64. The second kappa shape index (κ2) is 7.88. The van der Waals surface area contributed by atoms with Crippen molar-refractivity contribution in [2.24, 2.45) is 0 Å². The van der Waals surface area contributed by atoms with Gasteiger partial charge in [-0.2, -0.15) is 5.26 Å². The fourth-order valence-corrected chi connectivity index (χ4v) is 2.15. The molecule has 2 aromatic rings. The molecule has 0 aliphatic carbocycles. The molecule has 2 N–H and O–H groups in total. The van der Waals surface area contributed by atoms with Crippen LogP contribution in [-0.4, -0.2) is 25.2 Å². The Balaban J connectivity index is 2.32. The number of carbonyl (C=O) groups excluding carboxylic acids is 1. The summed E-state index contributed by atoms with van der Waals surface area (Å²) in [6.45, 7) is 1.94. The zero-order chi connectivity index (χ0) is 18.4. The Bertz CT molecular complexity index is 824. The number of nitriles is 1. The molecule has 128 valence electrons. The molecule has 0 radical (unpaired) electrons. The van der Waals surface area contributed by atoms with Crippen molar-refractivity contribution < 1.29 is 19.4 Å². The lowest BCUT2D eigenvalue weighted by Gasteiger charge is -2.10. The molecule has 6 heteroatoms. The number of ether oxygens (including phenoxy) is 2. The summed E-state index contributed by atoms with van der Waals surface area (Å²) in [6.07, 6.45) is 1.40. The molecular weight excluding hydrogens is 320 g/mol. The molecule has 0 saturated heterocycles. The van der Waals surface area contributed by atoms with Crippen LogP contribution in [0.25, 0.3) is 6.08 Å². The average molecular weight is 338 g/mol. The van der Waals surface area contributed by atoms with Crippen LogP contribution in [-0.2, 0) is 4.79 Å². The molecule has 0 saturated carbocycles. The second-order valence-electron chi connectivity index (χ2n) is 5.26. The molecular formula is C19H18N2O4. The van der Waals surface area contributed by atoms with Gasteiger partial charge in [0.25, 0.3) is 5.91 Å². The van der Waals surface area contributed by atoms with E-state index < -0.39 is 5.91 Å². The van der Waals surface area contributed by atoms with Gasteiger partial charge in [-0.15, -0.1) is 0 Å². The molecule has 0 bridgehead atoms. The number of amides is 1. The Morgan fingerprint density at radius 3 is 2.20 bits per heavy atom. The molecule has 0 spiro atoms. The zero-order valence-corrected chi connectivity index (χ0v) is 14.2. The molecule has 0 heterocycles. The Morgan fingerprint density at radius 2 is 1.72 bits per heavy atom. The van der Waals surface area contributed by atoms with E-state index in [-0.39, 0.29) is 22.8 Å². The summed E-state index contributed by atoms with van der Waals surface area (Å²) in [6, 6.07) is 12.1. The minimum absolute atomic E-state index is 0.0876. The predicted octanol–water partition coefficient (Wildman–Crippen LogP) is 3.26. The van der Waals surface area contributed by atoms with Gasteiger partial charge in [0.2, 0.25) is 5.75 Å². The van der Waals surface area contributed by atoms with Crippen LogP contribution in [0.2, 0.25) is 0 Å². The van der Waals surface area contributed by atoms with Crippen LogP contribution in [0.5, 0.6) is 17.2 Å². The van der Waals surface area contributed by atoms with E-state index in [1.54, 1.807) is 12.1 Å². The van der Waals surface area contributed by atoms with E-state index in [2.05, 4.69) is 5.32 Å². The third-order valence-corrected chi connectivity index (χ3v) is 3.49. The lowest BCUT2D eigenvalue weighted by Crippen LogP contribution is -2.13. The number of hydrogen-bond donors (Lipinski definition) is 2. The van der Waals surface area contributed by atoms with E-state index in [1.807, 2.05) is 25.1 Å². The van der Waals surface area contributed by atoms with Crippen molar-refractivity contribution in [2.45, 2.75) is 6.92 Å². The minimum Gasteiger partial charge on any atom is -0.502 e. The highest BCUT2D eigenvalue weighted by Gasteiger charge is 2.13. The topological polar surface area (TPSA) is 91.6 Å². The maximum Gasteiger partial charge on any atom is 0.266 e.